The number of rotatable bonds is 2. The number of hydrogen-bond donors (Lipinski definition) is 1. The Morgan fingerprint density at radius 3 is 2.56 bits per heavy atom. The van der Waals surface area contributed by atoms with Gasteiger partial charge >= 0.3 is 5.97 Å². The van der Waals surface area contributed by atoms with Crippen LogP contribution >= 0.6 is 0 Å². The highest BCUT2D eigenvalue weighted by atomic mass is 16.4. The maximum Gasteiger partial charge on any atom is 0.322 e. The predicted octanol–water partition coefficient (Wildman–Crippen LogP) is 0.156. The minimum atomic E-state index is -0.814. The number of amides is 1. The fourth-order valence-electron chi connectivity index (χ4n) is 2.69. The van der Waals surface area contributed by atoms with E-state index in [-0.39, 0.29) is 12.5 Å². The molecule has 0 spiro atoms. The van der Waals surface area contributed by atoms with Gasteiger partial charge in [-0.2, -0.15) is 0 Å². The molecule has 2 rings (SSSR count). The van der Waals surface area contributed by atoms with Gasteiger partial charge in [-0.15, -0.1) is 0 Å². The molecule has 0 bridgehead atoms. The maximum atomic E-state index is 11.6. The summed E-state index contributed by atoms with van der Waals surface area (Å²) in [5.74, 6) is -0.782. The van der Waals surface area contributed by atoms with Gasteiger partial charge in [-0.25, -0.2) is 0 Å². The number of piperazine rings is 1. The molecule has 0 aromatic rings. The normalized spacial score (nSPS) is 28.7. The summed E-state index contributed by atoms with van der Waals surface area (Å²) in [6, 6.07) is -0.232. The van der Waals surface area contributed by atoms with Crippen molar-refractivity contribution >= 4 is 11.9 Å². The molecule has 1 unspecified atom stereocenters. The molecule has 90 valence electrons. The van der Waals surface area contributed by atoms with Gasteiger partial charge in [0.15, 0.2) is 0 Å². The van der Waals surface area contributed by atoms with Crippen LogP contribution in [0.15, 0.2) is 0 Å². The standard InChI is InChI=1S/C11H18N2O3/c1-12-6-9(11(15)16)13(7-10(12)14)8-4-2-3-5-8/h8-9H,2-7H2,1H3,(H,15,16). The second-order valence-electron chi connectivity index (χ2n) is 4.74. The first-order chi connectivity index (χ1) is 7.59. The summed E-state index contributed by atoms with van der Waals surface area (Å²) in [6.45, 7) is 0.572. The van der Waals surface area contributed by atoms with Gasteiger partial charge in [0.25, 0.3) is 0 Å². The van der Waals surface area contributed by atoms with E-state index in [2.05, 4.69) is 0 Å². The third-order valence-corrected chi connectivity index (χ3v) is 3.67. The molecule has 16 heavy (non-hydrogen) atoms. The minimum Gasteiger partial charge on any atom is -0.480 e. The Kier molecular flexibility index (Phi) is 3.14. The number of hydrogen-bond acceptors (Lipinski definition) is 3. The smallest absolute Gasteiger partial charge is 0.322 e. The average molecular weight is 226 g/mol. The van der Waals surface area contributed by atoms with Gasteiger partial charge in [0, 0.05) is 19.6 Å². The van der Waals surface area contributed by atoms with Gasteiger partial charge in [0.2, 0.25) is 5.91 Å². The third kappa shape index (κ3) is 2.04. The molecule has 0 aromatic heterocycles. The first kappa shape index (κ1) is 11.4. The van der Waals surface area contributed by atoms with Gasteiger partial charge in [-0.3, -0.25) is 14.5 Å². The number of carbonyl (C=O) groups excluding carboxylic acids is 1. The van der Waals surface area contributed by atoms with Crippen molar-refractivity contribution < 1.29 is 14.7 Å². The zero-order chi connectivity index (χ0) is 11.7. The summed E-state index contributed by atoms with van der Waals surface area (Å²) >= 11 is 0. The van der Waals surface area contributed by atoms with Crippen molar-refractivity contribution in [2.75, 3.05) is 20.1 Å². The van der Waals surface area contributed by atoms with Crippen LogP contribution in [0.4, 0.5) is 0 Å². The lowest BCUT2D eigenvalue weighted by Gasteiger charge is -2.40. The molecule has 1 aliphatic carbocycles. The molecule has 1 atom stereocenters. The number of carboxylic acid groups (broad SMARTS) is 1. The van der Waals surface area contributed by atoms with Crippen LogP contribution in [0.5, 0.6) is 0 Å². The maximum absolute atomic E-state index is 11.6. The highest BCUT2D eigenvalue weighted by molar-refractivity contribution is 5.83. The lowest BCUT2D eigenvalue weighted by atomic mass is 10.1. The van der Waals surface area contributed by atoms with Crippen molar-refractivity contribution in [1.29, 1.82) is 0 Å². The van der Waals surface area contributed by atoms with Crippen LogP contribution < -0.4 is 0 Å². The highest BCUT2D eigenvalue weighted by Crippen LogP contribution is 2.26. The Bertz CT molecular complexity index is 300. The lowest BCUT2D eigenvalue weighted by Crippen LogP contribution is -2.60. The first-order valence-electron chi connectivity index (χ1n) is 5.82. The zero-order valence-electron chi connectivity index (χ0n) is 9.56. The van der Waals surface area contributed by atoms with E-state index < -0.39 is 12.0 Å². The number of nitrogens with zero attached hydrogens (tertiary/aromatic N) is 2. The van der Waals surface area contributed by atoms with E-state index in [9.17, 15) is 14.7 Å². The summed E-state index contributed by atoms with van der Waals surface area (Å²) in [6.07, 6.45) is 4.36. The first-order valence-corrected chi connectivity index (χ1v) is 5.82. The molecule has 0 aromatic carbocycles. The molecule has 1 saturated carbocycles. The molecule has 1 amide bonds. The van der Waals surface area contributed by atoms with Crippen molar-refractivity contribution in [3.63, 3.8) is 0 Å². The third-order valence-electron chi connectivity index (χ3n) is 3.67. The van der Waals surface area contributed by atoms with Crippen molar-refractivity contribution in [2.45, 2.75) is 37.8 Å². The fraction of sp³-hybridized carbons (Fsp3) is 0.818. The zero-order valence-corrected chi connectivity index (χ0v) is 9.56. The van der Waals surface area contributed by atoms with Crippen molar-refractivity contribution in [3.05, 3.63) is 0 Å². The van der Waals surface area contributed by atoms with Crippen molar-refractivity contribution in [2.24, 2.45) is 0 Å². The molecular weight excluding hydrogens is 208 g/mol. The van der Waals surface area contributed by atoms with Gasteiger partial charge < -0.3 is 10.0 Å². The average Bonchev–Trinajstić information content (AvgIpc) is 2.74. The molecule has 5 nitrogen and oxygen atoms in total. The SMILES string of the molecule is CN1CC(C(=O)O)N(C2CCCC2)CC1=O. The second kappa shape index (κ2) is 4.41. The lowest BCUT2D eigenvalue weighted by molar-refractivity contribution is -0.152. The Morgan fingerprint density at radius 1 is 1.38 bits per heavy atom. The minimum absolute atomic E-state index is 0.0319. The van der Waals surface area contributed by atoms with Crippen LogP contribution in [-0.4, -0.2) is 59.0 Å². The van der Waals surface area contributed by atoms with Crippen LogP contribution in [0, 0.1) is 0 Å². The molecule has 1 saturated heterocycles. The molecule has 1 aliphatic heterocycles. The van der Waals surface area contributed by atoms with Gasteiger partial charge in [0.05, 0.1) is 6.54 Å². The molecule has 0 radical (unpaired) electrons. The summed E-state index contributed by atoms with van der Waals surface area (Å²) in [7, 11) is 1.67. The van der Waals surface area contributed by atoms with Crippen LogP contribution in [0.25, 0.3) is 0 Å². The molecule has 2 fully saturated rings. The molecule has 1 heterocycles. The topological polar surface area (TPSA) is 60.9 Å². The van der Waals surface area contributed by atoms with Crippen molar-refractivity contribution in [3.8, 4) is 0 Å². The molecule has 2 aliphatic rings. The Morgan fingerprint density at radius 2 is 2.00 bits per heavy atom. The summed E-state index contributed by atoms with van der Waals surface area (Å²) in [5, 5.41) is 9.19. The second-order valence-corrected chi connectivity index (χ2v) is 4.74. The van der Waals surface area contributed by atoms with Crippen molar-refractivity contribution in [1.82, 2.24) is 9.80 Å². The van der Waals surface area contributed by atoms with E-state index in [0.29, 0.717) is 12.6 Å². The van der Waals surface area contributed by atoms with E-state index in [4.69, 9.17) is 0 Å². The van der Waals surface area contributed by atoms with Crippen LogP contribution in [0.3, 0.4) is 0 Å². The van der Waals surface area contributed by atoms with Crippen LogP contribution in [0.2, 0.25) is 0 Å². The number of carboxylic acids is 1. The van der Waals surface area contributed by atoms with E-state index in [1.54, 1.807) is 7.05 Å². The Labute approximate surface area is 95.0 Å². The van der Waals surface area contributed by atoms with Gasteiger partial charge in [-0.05, 0) is 12.8 Å². The molecule has 1 N–H and O–H groups in total. The fourth-order valence-corrected chi connectivity index (χ4v) is 2.69. The summed E-state index contributed by atoms with van der Waals surface area (Å²) < 4.78 is 0. The summed E-state index contributed by atoms with van der Waals surface area (Å²) in [4.78, 5) is 26.2. The Balaban J connectivity index is 2.12. The van der Waals surface area contributed by atoms with E-state index >= 15 is 0 Å². The van der Waals surface area contributed by atoms with Crippen LogP contribution in [-0.2, 0) is 9.59 Å². The monoisotopic (exact) mass is 226 g/mol. The number of likely N-dealkylation sites (N-methyl/N-ethyl adjacent to an activating group) is 1. The molecular formula is C11H18N2O3. The molecule has 5 heteroatoms. The van der Waals surface area contributed by atoms with E-state index in [1.165, 1.54) is 4.90 Å². The Hall–Kier alpha value is -1.10. The summed E-state index contributed by atoms with van der Waals surface area (Å²) in [5.41, 5.74) is 0. The van der Waals surface area contributed by atoms with E-state index in [1.807, 2.05) is 4.90 Å². The highest BCUT2D eigenvalue weighted by Gasteiger charge is 2.39. The quantitative estimate of drug-likeness (QED) is 0.728. The predicted molar refractivity (Wildman–Crippen MR) is 58.0 cm³/mol. The van der Waals surface area contributed by atoms with Gasteiger partial charge in [-0.1, -0.05) is 12.8 Å². The van der Waals surface area contributed by atoms with Gasteiger partial charge in [0.1, 0.15) is 6.04 Å². The number of aliphatic carboxylic acids is 1. The van der Waals surface area contributed by atoms with Crippen LogP contribution in [0.1, 0.15) is 25.7 Å². The van der Waals surface area contributed by atoms with E-state index in [0.717, 1.165) is 25.7 Å². The largest absolute Gasteiger partial charge is 0.480 e. The number of carbonyl (C=O) groups is 2.